The van der Waals surface area contributed by atoms with E-state index in [1.807, 2.05) is 0 Å². The van der Waals surface area contributed by atoms with Crippen molar-refractivity contribution in [1.82, 2.24) is 4.98 Å². The van der Waals surface area contributed by atoms with Gasteiger partial charge in [0.05, 0.1) is 0 Å². The van der Waals surface area contributed by atoms with E-state index in [0.717, 1.165) is 0 Å². The number of fused-ring (bicyclic) bond motifs is 1. The van der Waals surface area contributed by atoms with E-state index in [4.69, 9.17) is 5.73 Å². The van der Waals surface area contributed by atoms with E-state index in [1.54, 1.807) is 0 Å². The molecule has 2 rings (SSSR count). The smallest absolute Gasteiger partial charge is 0.0457 e. The van der Waals surface area contributed by atoms with Crippen LogP contribution in [0.15, 0.2) is 24.4 Å². The van der Waals surface area contributed by atoms with E-state index in [2.05, 4.69) is 57.1 Å². The van der Waals surface area contributed by atoms with Gasteiger partial charge in [-0.2, -0.15) is 0 Å². The van der Waals surface area contributed by atoms with Crippen LogP contribution in [0.4, 0.5) is 0 Å². The van der Waals surface area contributed by atoms with E-state index >= 15 is 0 Å². The summed E-state index contributed by atoms with van der Waals surface area (Å²) in [6, 6.07) is 6.67. The molecule has 0 saturated carbocycles. The highest BCUT2D eigenvalue weighted by atomic mass is 14.7. The summed E-state index contributed by atoms with van der Waals surface area (Å²) in [5.74, 6) is 0.402. The zero-order valence-corrected chi connectivity index (χ0v) is 11.2. The quantitative estimate of drug-likeness (QED) is 0.814. The van der Waals surface area contributed by atoms with Crippen LogP contribution in [0.25, 0.3) is 10.9 Å². The Labute approximate surface area is 103 Å². The fourth-order valence-electron chi connectivity index (χ4n) is 2.14. The molecule has 0 aliphatic rings. The first-order valence-electron chi connectivity index (χ1n) is 6.25. The second kappa shape index (κ2) is 4.19. The van der Waals surface area contributed by atoms with Gasteiger partial charge in [-0.1, -0.05) is 33.8 Å². The number of aromatic amines is 1. The predicted octanol–water partition coefficient (Wildman–Crippen LogP) is 3.53. The highest BCUT2D eigenvalue weighted by Gasteiger charge is 2.16. The van der Waals surface area contributed by atoms with E-state index in [0.29, 0.717) is 12.5 Å². The van der Waals surface area contributed by atoms with Gasteiger partial charge >= 0.3 is 0 Å². The molecule has 1 atom stereocenters. The largest absolute Gasteiger partial charge is 0.361 e. The fraction of sp³-hybridized carbons (Fsp3) is 0.467. The molecule has 2 nitrogen and oxygen atoms in total. The van der Waals surface area contributed by atoms with Gasteiger partial charge in [-0.05, 0) is 41.1 Å². The predicted molar refractivity (Wildman–Crippen MR) is 74.5 cm³/mol. The third-order valence-electron chi connectivity index (χ3n) is 3.46. The lowest BCUT2D eigenvalue weighted by Gasteiger charge is -2.19. The van der Waals surface area contributed by atoms with Gasteiger partial charge in [-0.25, -0.2) is 0 Å². The first kappa shape index (κ1) is 12.2. The van der Waals surface area contributed by atoms with Crippen LogP contribution in [-0.4, -0.2) is 11.5 Å². The Kier molecular flexibility index (Phi) is 3.00. The van der Waals surface area contributed by atoms with Gasteiger partial charge in [0.1, 0.15) is 0 Å². The molecule has 1 heterocycles. The zero-order chi connectivity index (χ0) is 12.6. The summed E-state index contributed by atoms with van der Waals surface area (Å²) in [5.41, 5.74) is 9.85. The first-order chi connectivity index (χ1) is 7.93. The minimum atomic E-state index is 0.189. The summed E-state index contributed by atoms with van der Waals surface area (Å²) in [7, 11) is 0. The minimum Gasteiger partial charge on any atom is -0.361 e. The summed E-state index contributed by atoms with van der Waals surface area (Å²) in [6.07, 6.45) is 2.09. The fourth-order valence-corrected chi connectivity index (χ4v) is 2.14. The van der Waals surface area contributed by atoms with Crippen molar-refractivity contribution in [1.29, 1.82) is 0 Å². The lowest BCUT2D eigenvalue weighted by Crippen LogP contribution is -2.11. The second-order valence-electron chi connectivity index (χ2n) is 5.89. The first-order valence-corrected chi connectivity index (χ1v) is 6.25. The van der Waals surface area contributed by atoms with Crippen LogP contribution in [-0.2, 0) is 5.41 Å². The van der Waals surface area contributed by atoms with Gasteiger partial charge in [0, 0.05) is 17.1 Å². The Morgan fingerprint density at radius 2 is 2.00 bits per heavy atom. The molecule has 2 heteroatoms. The summed E-state index contributed by atoms with van der Waals surface area (Å²) in [6.45, 7) is 9.59. The van der Waals surface area contributed by atoms with Crippen molar-refractivity contribution in [3.05, 3.63) is 35.5 Å². The number of nitrogens with two attached hydrogens (primary N) is 1. The second-order valence-corrected chi connectivity index (χ2v) is 5.89. The van der Waals surface area contributed by atoms with Gasteiger partial charge in [0.15, 0.2) is 0 Å². The van der Waals surface area contributed by atoms with Crippen LogP contribution in [0, 0.1) is 0 Å². The average molecular weight is 230 g/mol. The average Bonchev–Trinajstić information content (AvgIpc) is 2.69. The Morgan fingerprint density at radius 3 is 2.59 bits per heavy atom. The van der Waals surface area contributed by atoms with Crippen LogP contribution in [0.1, 0.15) is 44.7 Å². The highest BCUT2D eigenvalue weighted by molar-refractivity contribution is 5.84. The summed E-state index contributed by atoms with van der Waals surface area (Å²) in [5, 5.41) is 1.32. The Hall–Kier alpha value is -1.28. The molecule has 0 amide bonds. The van der Waals surface area contributed by atoms with Crippen LogP contribution >= 0.6 is 0 Å². The molecule has 2 aromatic rings. The molecule has 0 fully saturated rings. The molecular formula is C15H22N2. The number of nitrogens with one attached hydrogen (secondary N) is 1. The van der Waals surface area contributed by atoms with E-state index in [1.165, 1.54) is 22.0 Å². The monoisotopic (exact) mass is 230 g/mol. The van der Waals surface area contributed by atoms with Crippen LogP contribution in [0.5, 0.6) is 0 Å². The molecule has 0 spiro atoms. The number of rotatable bonds is 2. The lowest BCUT2D eigenvalue weighted by atomic mass is 9.85. The van der Waals surface area contributed by atoms with Crippen LogP contribution in [0.3, 0.4) is 0 Å². The summed E-state index contributed by atoms with van der Waals surface area (Å²) < 4.78 is 0. The maximum Gasteiger partial charge on any atom is 0.0457 e. The van der Waals surface area contributed by atoms with Gasteiger partial charge in [0.25, 0.3) is 0 Å². The number of benzene rings is 1. The molecule has 0 bridgehead atoms. The molecule has 0 aliphatic heterocycles. The Balaban J connectivity index is 2.58. The number of hydrogen-bond donors (Lipinski definition) is 2. The van der Waals surface area contributed by atoms with Crippen molar-refractivity contribution in [3.8, 4) is 0 Å². The molecule has 1 aromatic carbocycles. The molecule has 17 heavy (non-hydrogen) atoms. The molecule has 1 aromatic heterocycles. The van der Waals surface area contributed by atoms with E-state index in [9.17, 15) is 0 Å². The summed E-state index contributed by atoms with van der Waals surface area (Å²) in [4.78, 5) is 3.33. The molecular weight excluding hydrogens is 208 g/mol. The number of aromatic nitrogens is 1. The SMILES string of the molecule is CC(CN)c1c[nH]c2ccc(C(C)(C)C)cc12. The zero-order valence-electron chi connectivity index (χ0n) is 11.2. The molecule has 0 aliphatic carbocycles. The maximum atomic E-state index is 5.76. The topological polar surface area (TPSA) is 41.8 Å². The molecule has 92 valence electrons. The normalized spacial score (nSPS) is 14.2. The Morgan fingerprint density at radius 1 is 1.29 bits per heavy atom. The summed E-state index contributed by atoms with van der Waals surface area (Å²) >= 11 is 0. The maximum absolute atomic E-state index is 5.76. The Bertz CT molecular complexity index is 517. The van der Waals surface area contributed by atoms with Gasteiger partial charge < -0.3 is 10.7 Å². The highest BCUT2D eigenvalue weighted by Crippen LogP contribution is 2.30. The number of hydrogen-bond acceptors (Lipinski definition) is 1. The van der Waals surface area contributed by atoms with Gasteiger partial charge in [-0.15, -0.1) is 0 Å². The standard InChI is InChI=1S/C15H22N2/c1-10(8-16)13-9-17-14-6-5-11(7-12(13)14)15(2,3)4/h5-7,9-10,17H,8,16H2,1-4H3. The van der Waals surface area contributed by atoms with Crippen molar-refractivity contribution >= 4 is 10.9 Å². The molecule has 0 radical (unpaired) electrons. The van der Waals surface area contributed by atoms with Crippen molar-refractivity contribution in [2.45, 2.75) is 39.0 Å². The molecule has 1 unspecified atom stereocenters. The number of H-pyrrole nitrogens is 1. The molecule has 0 saturated heterocycles. The van der Waals surface area contributed by atoms with Gasteiger partial charge in [-0.3, -0.25) is 0 Å². The van der Waals surface area contributed by atoms with E-state index < -0.39 is 0 Å². The third-order valence-corrected chi connectivity index (χ3v) is 3.46. The van der Waals surface area contributed by atoms with Crippen LogP contribution in [0.2, 0.25) is 0 Å². The van der Waals surface area contributed by atoms with E-state index in [-0.39, 0.29) is 5.41 Å². The van der Waals surface area contributed by atoms with Crippen LogP contribution < -0.4 is 5.73 Å². The van der Waals surface area contributed by atoms with Crippen molar-refractivity contribution in [3.63, 3.8) is 0 Å². The van der Waals surface area contributed by atoms with Crippen molar-refractivity contribution in [2.24, 2.45) is 5.73 Å². The lowest BCUT2D eigenvalue weighted by molar-refractivity contribution is 0.591. The van der Waals surface area contributed by atoms with Crippen molar-refractivity contribution in [2.75, 3.05) is 6.54 Å². The third kappa shape index (κ3) is 2.22. The molecule has 3 N–H and O–H groups in total. The van der Waals surface area contributed by atoms with Gasteiger partial charge in [0.2, 0.25) is 0 Å². The van der Waals surface area contributed by atoms with Crippen molar-refractivity contribution < 1.29 is 0 Å². The minimum absolute atomic E-state index is 0.189.